The minimum Gasteiger partial charge on any atom is -0.364 e. The summed E-state index contributed by atoms with van der Waals surface area (Å²) in [7, 11) is 1.49. The van der Waals surface area contributed by atoms with Crippen molar-refractivity contribution in [1.82, 2.24) is 9.97 Å². The van der Waals surface area contributed by atoms with Crippen molar-refractivity contribution in [1.29, 1.82) is 0 Å². The average molecular weight is 268 g/mol. The Morgan fingerprint density at radius 2 is 1.45 bits per heavy atom. The van der Waals surface area contributed by atoms with Gasteiger partial charge in [0.15, 0.2) is 5.75 Å². The summed E-state index contributed by atoms with van der Waals surface area (Å²) in [6, 6.07) is 16.1. The van der Waals surface area contributed by atoms with Gasteiger partial charge in [0.25, 0.3) is 0 Å². The first-order valence-corrected chi connectivity index (χ1v) is 6.45. The van der Waals surface area contributed by atoms with E-state index in [1.54, 1.807) is 0 Å². The van der Waals surface area contributed by atoms with Crippen molar-refractivity contribution in [3.8, 4) is 5.75 Å². The maximum absolute atomic E-state index is 5.01. The average Bonchev–Trinajstić information content (AvgIpc) is 3.15. The van der Waals surface area contributed by atoms with Gasteiger partial charge in [-0.2, -0.15) is 4.89 Å². The molecule has 2 N–H and O–H groups in total. The van der Waals surface area contributed by atoms with Crippen LogP contribution < -0.4 is 4.89 Å². The minimum atomic E-state index is 0.150. The van der Waals surface area contributed by atoms with Gasteiger partial charge in [0.2, 0.25) is 0 Å². The van der Waals surface area contributed by atoms with Crippen molar-refractivity contribution < 1.29 is 9.78 Å². The Kier molecular flexibility index (Phi) is 3.56. The number of aromatic amines is 2. The number of hydrogen-bond donors (Lipinski definition) is 2. The molecule has 0 aliphatic carbocycles. The molecule has 0 bridgehead atoms. The molecule has 3 rings (SSSR count). The standard InChI is InChI=1S/C16H16N2O2/c1-19-20-13-8-6-12(7-9-13)16(14-4-2-10-17-14)15-5-3-11-18-15/h2-11,16-18H,1H3. The SMILES string of the molecule is COOc1ccc(C(c2ccc[nH]2)c2ccc[nH]2)cc1. The quantitative estimate of drug-likeness (QED) is 0.550. The zero-order valence-corrected chi connectivity index (χ0v) is 11.2. The molecule has 0 saturated carbocycles. The van der Waals surface area contributed by atoms with Gasteiger partial charge < -0.3 is 14.9 Å². The maximum Gasteiger partial charge on any atom is 0.165 e. The summed E-state index contributed by atoms with van der Waals surface area (Å²) < 4.78 is 0. The van der Waals surface area contributed by atoms with Gasteiger partial charge in [0.1, 0.15) is 0 Å². The van der Waals surface area contributed by atoms with Crippen molar-refractivity contribution in [2.45, 2.75) is 5.92 Å². The molecule has 1 aromatic carbocycles. The molecule has 2 aromatic heterocycles. The third-order valence-corrected chi connectivity index (χ3v) is 3.26. The molecule has 4 nitrogen and oxygen atoms in total. The summed E-state index contributed by atoms with van der Waals surface area (Å²) in [6.45, 7) is 0. The van der Waals surface area contributed by atoms with Crippen LogP contribution in [0.1, 0.15) is 22.9 Å². The predicted octanol–water partition coefficient (Wildman–Crippen LogP) is 3.46. The molecule has 0 saturated heterocycles. The van der Waals surface area contributed by atoms with Crippen molar-refractivity contribution in [3.05, 3.63) is 77.9 Å². The van der Waals surface area contributed by atoms with Gasteiger partial charge in [-0.3, -0.25) is 0 Å². The molecule has 3 aromatic rings. The van der Waals surface area contributed by atoms with Crippen LogP contribution in [0.5, 0.6) is 5.75 Å². The van der Waals surface area contributed by atoms with E-state index in [9.17, 15) is 0 Å². The highest BCUT2D eigenvalue weighted by Gasteiger charge is 2.18. The van der Waals surface area contributed by atoms with Crippen LogP contribution in [-0.4, -0.2) is 17.1 Å². The second-order valence-electron chi connectivity index (χ2n) is 4.50. The molecule has 0 amide bonds. The Labute approximate surface area is 117 Å². The summed E-state index contributed by atoms with van der Waals surface area (Å²) in [5.74, 6) is 0.838. The fourth-order valence-electron chi connectivity index (χ4n) is 2.39. The molecular weight excluding hydrogens is 252 g/mol. The highest BCUT2D eigenvalue weighted by Crippen LogP contribution is 2.30. The number of aromatic nitrogens is 2. The monoisotopic (exact) mass is 268 g/mol. The van der Waals surface area contributed by atoms with E-state index in [1.807, 2.05) is 48.8 Å². The third-order valence-electron chi connectivity index (χ3n) is 3.26. The van der Waals surface area contributed by atoms with Crippen LogP contribution in [0, 0.1) is 0 Å². The normalized spacial score (nSPS) is 10.9. The largest absolute Gasteiger partial charge is 0.364 e. The summed E-state index contributed by atoms with van der Waals surface area (Å²) in [6.07, 6.45) is 3.88. The van der Waals surface area contributed by atoms with Gasteiger partial charge in [0, 0.05) is 23.8 Å². The zero-order chi connectivity index (χ0) is 13.8. The van der Waals surface area contributed by atoms with Crippen LogP contribution in [0.2, 0.25) is 0 Å². The van der Waals surface area contributed by atoms with Gasteiger partial charge in [-0.15, -0.1) is 0 Å². The van der Waals surface area contributed by atoms with E-state index in [4.69, 9.17) is 4.89 Å². The predicted molar refractivity (Wildman–Crippen MR) is 76.6 cm³/mol. The molecule has 4 heteroatoms. The molecule has 2 heterocycles. The topological polar surface area (TPSA) is 50.0 Å². The highest BCUT2D eigenvalue weighted by atomic mass is 17.2. The Balaban J connectivity index is 1.97. The summed E-state index contributed by atoms with van der Waals surface area (Å²) in [5, 5.41) is 0. The van der Waals surface area contributed by atoms with Crippen molar-refractivity contribution in [3.63, 3.8) is 0 Å². The van der Waals surface area contributed by atoms with E-state index in [0.29, 0.717) is 5.75 Å². The van der Waals surface area contributed by atoms with Crippen LogP contribution in [0.4, 0.5) is 0 Å². The Hall–Kier alpha value is -2.46. The number of H-pyrrole nitrogens is 2. The molecule has 0 aliphatic heterocycles. The Bertz CT molecular complexity index is 593. The second-order valence-corrected chi connectivity index (χ2v) is 4.50. The zero-order valence-electron chi connectivity index (χ0n) is 11.2. The lowest BCUT2D eigenvalue weighted by Crippen LogP contribution is -2.04. The number of hydrogen-bond acceptors (Lipinski definition) is 2. The highest BCUT2D eigenvalue weighted by molar-refractivity contribution is 5.40. The molecule has 0 unspecified atom stereocenters. The number of nitrogens with one attached hydrogen (secondary N) is 2. The molecule has 0 radical (unpaired) electrons. The van der Waals surface area contributed by atoms with Crippen molar-refractivity contribution in [2.75, 3.05) is 7.11 Å². The van der Waals surface area contributed by atoms with Gasteiger partial charge in [-0.1, -0.05) is 12.1 Å². The molecule has 0 aliphatic rings. The first-order valence-electron chi connectivity index (χ1n) is 6.45. The molecule has 20 heavy (non-hydrogen) atoms. The molecule has 0 spiro atoms. The summed E-state index contributed by atoms with van der Waals surface area (Å²) >= 11 is 0. The van der Waals surface area contributed by atoms with E-state index in [1.165, 1.54) is 12.7 Å². The number of rotatable bonds is 5. The van der Waals surface area contributed by atoms with E-state index in [2.05, 4.69) is 27.0 Å². The second kappa shape index (κ2) is 5.67. The van der Waals surface area contributed by atoms with E-state index in [0.717, 1.165) is 11.4 Å². The molecule has 102 valence electrons. The van der Waals surface area contributed by atoms with Gasteiger partial charge in [0.05, 0.1) is 13.0 Å². The first kappa shape index (κ1) is 12.6. The van der Waals surface area contributed by atoms with Gasteiger partial charge in [-0.25, -0.2) is 0 Å². The fourth-order valence-corrected chi connectivity index (χ4v) is 2.39. The minimum absolute atomic E-state index is 0.150. The lowest BCUT2D eigenvalue weighted by Gasteiger charge is -2.15. The molecular formula is C16H16N2O2. The van der Waals surface area contributed by atoms with Crippen LogP contribution in [0.25, 0.3) is 0 Å². The van der Waals surface area contributed by atoms with Crippen molar-refractivity contribution in [2.24, 2.45) is 0 Å². The van der Waals surface area contributed by atoms with E-state index in [-0.39, 0.29) is 5.92 Å². The third kappa shape index (κ3) is 2.46. The number of benzene rings is 1. The van der Waals surface area contributed by atoms with Crippen LogP contribution in [0.15, 0.2) is 60.9 Å². The first-order chi connectivity index (χ1) is 9.88. The smallest absolute Gasteiger partial charge is 0.165 e. The lowest BCUT2D eigenvalue weighted by molar-refractivity contribution is -0.178. The van der Waals surface area contributed by atoms with E-state index < -0.39 is 0 Å². The van der Waals surface area contributed by atoms with Crippen LogP contribution >= 0.6 is 0 Å². The summed E-state index contributed by atoms with van der Waals surface area (Å²) in [4.78, 5) is 16.2. The van der Waals surface area contributed by atoms with Crippen LogP contribution in [0.3, 0.4) is 0 Å². The Morgan fingerprint density at radius 1 is 0.850 bits per heavy atom. The van der Waals surface area contributed by atoms with Crippen molar-refractivity contribution >= 4 is 0 Å². The molecule has 0 atom stereocenters. The molecule has 0 fully saturated rings. The van der Waals surface area contributed by atoms with Gasteiger partial charge in [-0.05, 0) is 42.0 Å². The lowest BCUT2D eigenvalue weighted by atomic mass is 9.92. The summed E-state index contributed by atoms with van der Waals surface area (Å²) in [5.41, 5.74) is 3.47. The van der Waals surface area contributed by atoms with Gasteiger partial charge >= 0.3 is 0 Å². The van der Waals surface area contributed by atoms with E-state index >= 15 is 0 Å². The fraction of sp³-hybridized carbons (Fsp3) is 0.125. The maximum atomic E-state index is 5.01. The van der Waals surface area contributed by atoms with Crippen LogP contribution in [-0.2, 0) is 4.89 Å². The Morgan fingerprint density at radius 3 is 1.90 bits per heavy atom.